The molecule has 12 rings (SSSR count). The van der Waals surface area contributed by atoms with Crippen molar-refractivity contribution < 1.29 is 0 Å². The Kier molecular flexibility index (Phi) is 8.46. The predicted molar refractivity (Wildman–Crippen MR) is 258 cm³/mol. The SMILES string of the molecule is c1ccc2cc3c(-c4ccc(-c5nc(-c6ccc(-c7ccc8ncccc8c7)cc6)nc(-c6ccc(-c7cccc8cc9ccccc9cc78)cc6)n5)cc4)cccc3cc2c1. The van der Waals surface area contributed by atoms with Gasteiger partial charge in [-0.1, -0.05) is 170 Å². The van der Waals surface area contributed by atoms with Gasteiger partial charge in [-0.3, -0.25) is 4.98 Å². The van der Waals surface area contributed by atoms with E-state index in [9.17, 15) is 0 Å². The fourth-order valence-electron chi connectivity index (χ4n) is 8.87. The number of hydrogen-bond donors (Lipinski definition) is 0. The topological polar surface area (TPSA) is 51.6 Å². The molecule has 62 heavy (non-hydrogen) atoms. The number of aromatic nitrogens is 4. The van der Waals surface area contributed by atoms with Gasteiger partial charge in [0.05, 0.1) is 5.52 Å². The molecule has 0 atom stereocenters. The largest absolute Gasteiger partial charge is 0.256 e. The summed E-state index contributed by atoms with van der Waals surface area (Å²) in [5.41, 5.74) is 10.7. The maximum atomic E-state index is 5.14. The van der Waals surface area contributed by atoms with Gasteiger partial charge in [-0.15, -0.1) is 0 Å². The van der Waals surface area contributed by atoms with Crippen LogP contribution in [0.1, 0.15) is 0 Å². The third-order valence-corrected chi connectivity index (χ3v) is 12.1. The molecule has 0 aliphatic rings. The summed E-state index contributed by atoms with van der Waals surface area (Å²) >= 11 is 0. The van der Waals surface area contributed by atoms with Gasteiger partial charge < -0.3 is 0 Å². The highest BCUT2D eigenvalue weighted by Crippen LogP contribution is 2.36. The number of hydrogen-bond acceptors (Lipinski definition) is 4. The molecule has 0 spiro atoms. The van der Waals surface area contributed by atoms with Gasteiger partial charge in [0, 0.05) is 28.3 Å². The van der Waals surface area contributed by atoms with E-state index in [1.54, 1.807) is 0 Å². The van der Waals surface area contributed by atoms with Crippen LogP contribution in [0.5, 0.6) is 0 Å². The highest BCUT2D eigenvalue weighted by Gasteiger charge is 2.15. The number of pyridine rings is 1. The molecule has 0 unspecified atom stereocenters. The molecule has 4 nitrogen and oxygen atoms in total. The number of benzene rings is 10. The quantitative estimate of drug-likeness (QED) is 0.158. The van der Waals surface area contributed by atoms with Crippen LogP contribution in [-0.4, -0.2) is 19.9 Å². The molecule has 10 aromatic carbocycles. The molecule has 0 radical (unpaired) electrons. The van der Waals surface area contributed by atoms with Crippen molar-refractivity contribution in [3.63, 3.8) is 0 Å². The maximum absolute atomic E-state index is 5.14. The first kappa shape index (κ1) is 35.6. The maximum Gasteiger partial charge on any atom is 0.164 e. The molecule has 0 fully saturated rings. The molecule has 0 N–H and O–H groups in total. The average Bonchev–Trinajstić information content (AvgIpc) is 3.34. The first-order valence-electron chi connectivity index (χ1n) is 20.9. The summed E-state index contributed by atoms with van der Waals surface area (Å²) in [5, 5.41) is 11.0. The summed E-state index contributed by atoms with van der Waals surface area (Å²) in [7, 11) is 0. The Labute approximate surface area is 358 Å². The Morgan fingerprint density at radius 3 is 1.11 bits per heavy atom. The van der Waals surface area contributed by atoms with Gasteiger partial charge in [-0.2, -0.15) is 0 Å². The van der Waals surface area contributed by atoms with Crippen molar-refractivity contribution in [2.75, 3.05) is 0 Å². The molecule has 0 aliphatic heterocycles. The highest BCUT2D eigenvalue weighted by molar-refractivity contribution is 6.06. The summed E-state index contributed by atoms with van der Waals surface area (Å²) < 4.78 is 0. The fourth-order valence-corrected chi connectivity index (χ4v) is 8.87. The molecule has 0 saturated carbocycles. The first-order chi connectivity index (χ1) is 30.7. The molecular formula is C58H36N4. The Morgan fingerprint density at radius 2 is 0.629 bits per heavy atom. The van der Waals surface area contributed by atoms with E-state index in [1.165, 1.54) is 54.2 Å². The minimum atomic E-state index is 0.620. The van der Waals surface area contributed by atoms with Gasteiger partial charge in [0.1, 0.15) is 0 Å². The first-order valence-corrected chi connectivity index (χ1v) is 20.9. The van der Waals surface area contributed by atoms with Crippen LogP contribution in [0.15, 0.2) is 219 Å². The number of nitrogens with zero attached hydrogens (tertiary/aromatic N) is 4. The zero-order valence-electron chi connectivity index (χ0n) is 33.6. The van der Waals surface area contributed by atoms with Crippen LogP contribution in [0.25, 0.3) is 122 Å². The molecular weight excluding hydrogens is 753 g/mol. The summed E-state index contributed by atoms with van der Waals surface area (Å²) in [6.45, 7) is 0. The number of fused-ring (bicyclic) bond motifs is 5. The van der Waals surface area contributed by atoms with Crippen LogP contribution in [0.3, 0.4) is 0 Å². The molecule has 0 amide bonds. The van der Waals surface area contributed by atoms with E-state index in [1.807, 2.05) is 12.3 Å². The summed E-state index contributed by atoms with van der Waals surface area (Å²) in [6.07, 6.45) is 1.83. The summed E-state index contributed by atoms with van der Waals surface area (Å²) in [4.78, 5) is 19.9. The van der Waals surface area contributed by atoms with Crippen molar-refractivity contribution in [3.8, 4) is 67.5 Å². The van der Waals surface area contributed by atoms with Crippen molar-refractivity contribution >= 4 is 54.0 Å². The zero-order valence-corrected chi connectivity index (χ0v) is 33.6. The molecule has 12 aromatic rings. The van der Waals surface area contributed by atoms with E-state index < -0.39 is 0 Å². The van der Waals surface area contributed by atoms with Gasteiger partial charge >= 0.3 is 0 Å². The lowest BCUT2D eigenvalue weighted by molar-refractivity contribution is 1.07. The van der Waals surface area contributed by atoms with E-state index in [-0.39, 0.29) is 0 Å². The van der Waals surface area contributed by atoms with Crippen molar-refractivity contribution in [2.24, 2.45) is 0 Å². The minimum Gasteiger partial charge on any atom is -0.256 e. The van der Waals surface area contributed by atoms with Crippen LogP contribution in [-0.2, 0) is 0 Å². The summed E-state index contributed by atoms with van der Waals surface area (Å²) in [6, 6.07) is 75.5. The van der Waals surface area contributed by atoms with Gasteiger partial charge in [-0.25, -0.2) is 15.0 Å². The number of rotatable bonds is 6. The van der Waals surface area contributed by atoms with Gasteiger partial charge in [0.2, 0.25) is 0 Å². The zero-order chi connectivity index (χ0) is 41.0. The van der Waals surface area contributed by atoms with Gasteiger partial charge in [0.15, 0.2) is 17.5 Å². The van der Waals surface area contributed by atoms with Crippen LogP contribution < -0.4 is 0 Å². The lowest BCUT2D eigenvalue weighted by Crippen LogP contribution is -2.00. The van der Waals surface area contributed by atoms with Gasteiger partial charge in [-0.05, 0) is 119 Å². The van der Waals surface area contributed by atoms with Gasteiger partial charge in [0.25, 0.3) is 0 Å². The molecule has 4 heteroatoms. The lowest BCUT2D eigenvalue weighted by atomic mass is 9.95. The fraction of sp³-hybridized carbons (Fsp3) is 0. The Bertz CT molecular complexity index is 3490. The van der Waals surface area contributed by atoms with Crippen molar-refractivity contribution in [1.82, 2.24) is 19.9 Å². The van der Waals surface area contributed by atoms with Crippen molar-refractivity contribution in [3.05, 3.63) is 219 Å². The normalized spacial score (nSPS) is 11.5. The third-order valence-electron chi connectivity index (χ3n) is 12.1. The van der Waals surface area contributed by atoms with E-state index in [4.69, 9.17) is 15.0 Å². The van der Waals surface area contributed by atoms with E-state index in [2.05, 4.69) is 211 Å². The van der Waals surface area contributed by atoms with Crippen LogP contribution in [0.4, 0.5) is 0 Å². The van der Waals surface area contributed by atoms with Crippen molar-refractivity contribution in [1.29, 1.82) is 0 Å². The smallest absolute Gasteiger partial charge is 0.164 e. The minimum absolute atomic E-state index is 0.620. The standard InChI is InChI=1S/C58H36N4/c1-3-10-45-35-53-48(32-43(45)8-1)12-5-15-51(53)38-19-25-41(26-20-38)57-60-56(40-23-17-37(18-24-40)47-29-30-55-50(34-47)14-7-31-59-55)61-58(62-57)42-27-21-39(22-28-42)52-16-6-13-49-33-44-9-2-4-11-46(44)36-54(49)52/h1-36H. The molecule has 0 bridgehead atoms. The molecule has 2 aromatic heterocycles. The molecule has 0 aliphatic carbocycles. The van der Waals surface area contributed by atoms with E-state index in [0.29, 0.717) is 17.5 Å². The average molecular weight is 789 g/mol. The van der Waals surface area contributed by atoms with Crippen LogP contribution in [0, 0.1) is 0 Å². The highest BCUT2D eigenvalue weighted by atomic mass is 15.0. The predicted octanol–water partition coefficient (Wildman–Crippen LogP) is 15.0. The Balaban J connectivity index is 0.936. The Hall–Kier alpha value is -8.34. The van der Waals surface area contributed by atoms with E-state index >= 15 is 0 Å². The molecule has 0 saturated heterocycles. The monoisotopic (exact) mass is 788 g/mol. The van der Waals surface area contributed by atoms with Crippen molar-refractivity contribution in [2.45, 2.75) is 0 Å². The third kappa shape index (κ3) is 6.42. The molecule has 288 valence electrons. The van der Waals surface area contributed by atoms with Crippen LogP contribution in [0.2, 0.25) is 0 Å². The summed E-state index contributed by atoms with van der Waals surface area (Å²) in [5.74, 6) is 1.86. The second kappa shape index (κ2) is 14.7. The second-order valence-electron chi connectivity index (χ2n) is 15.9. The second-order valence-corrected chi connectivity index (χ2v) is 15.9. The van der Waals surface area contributed by atoms with E-state index in [0.717, 1.165) is 49.8 Å². The van der Waals surface area contributed by atoms with Crippen LogP contribution >= 0.6 is 0 Å². The lowest BCUT2D eigenvalue weighted by Gasteiger charge is -2.12. The Morgan fingerprint density at radius 1 is 0.242 bits per heavy atom. The molecule has 2 heterocycles.